The number of likely N-dealkylation sites (tertiary alicyclic amines) is 1. The van der Waals surface area contributed by atoms with E-state index in [0.717, 1.165) is 11.3 Å². The van der Waals surface area contributed by atoms with Crippen LogP contribution < -0.4 is 4.74 Å². The fraction of sp³-hybridized carbons (Fsp3) is 0.429. The van der Waals surface area contributed by atoms with Crippen molar-refractivity contribution in [1.29, 1.82) is 0 Å². The van der Waals surface area contributed by atoms with E-state index in [1.54, 1.807) is 11.8 Å². The fourth-order valence-corrected chi connectivity index (χ4v) is 3.59. The zero-order valence-corrected chi connectivity index (χ0v) is 11.6. The number of fused-ring (bicyclic) bond motifs is 1. The van der Waals surface area contributed by atoms with Crippen molar-refractivity contribution in [3.63, 3.8) is 0 Å². The molecule has 1 fully saturated rings. The van der Waals surface area contributed by atoms with Gasteiger partial charge in [-0.15, -0.1) is 11.8 Å². The summed E-state index contributed by atoms with van der Waals surface area (Å²) in [5.41, 5.74) is 0. The van der Waals surface area contributed by atoms with E-state index in [0.29, 0.717) is 24.5 Å². The van der Waals surface area contributed by atoms with Crippen LogP contribution in [0.3, 0.4) is 0 Å². The summed E-state index contributed by atoms with van der Waals surface area (Å²) in [7, 11) is 0. The van der Waals surface area contributed by atoms with Crippen LogP contribution in [0.2, 0.25) is 0 Å². The zero-order valence-electron chi connectivity index (χ0n) is 10.8. The zero-order chi connectivity index (χ0) is 14.1. The molecule has 1 aromatic rings. The number of carboxylic acid groups (broad SMARTS) is 1. The molecule has 0 spiro atoms. The lowest BCUT2D eigenvalue weighted by Crippen LogP contribution is -2.48. The topological polar surface area (TPSA) is 66.8 Å². The Morgan fingerprint density at radius 1 is 1.35 bits per heavy atom. The van der Waals surface area contributed by atoms with Crippen molar-refractivity contribution in [2.24, 2.45) is 0 Å². The summed E-state index contributed by atoms with van der Waals surface area (Å²) in [4.78, 5) is 26.1. The molecule has 0 radical (unpaired) electrons. The van der Waals surface area contributed by atoms with E-state index in [2.05, 4.69) is 0 Å². The van der Waals surface area contributed by atoms with Gasteiger partial charge >= 0.3 is 5.97 Å². The molecule has 106 valence electrons. The van der Waals surface area contributed by atoms with Crippen LogP contribution in [0.4, 0.5) is 0 Å². The molecule has 0 saturated carbocycles. The van der Waals surface area contributed by atoms with Gasteiger partial charge in [0.15, 0.2) is 6.10 Å². The van der Waals surface area contributed by atoms with Gasteiger partial charge < -0.3 is 14.7 Å². The molecule has 0 aliphatic carbocycles. The molecular weight excluding hydrogens is 278 g/mol. The molecule has 1 aromatic carbocycles. The van der Waals surface area contributed by atoms with Gasteiger partial charge in [0.2, 0.25) is 0 Å². The van der Waals surface area contributed by atoms with Crippen LogP contribution in [0.5, 0.6) is 5.75 Å². The summed E-state index contributed by atoms with van der Waals surface area (Å²) < 4.78 is 5.73. The number of benzene rings is 1. The predicted molar refractivity (Wildman–Crippen MR) is 74.0 cm³/mol. The first-order valence-electron chi connectivity index (χ1n) is 6.58. The molecule has 1 amide bonds. The van der Waals surface area contributed by atoms with E-state index in [9.17, 15) is 9.59 Å². The SMILES string of the molecule is O=C(O)[C@H]1CCCN1C(=O)[C@@H]1CSc2ccccc2O1. The maximum Gasteiger partial charge on any atom is 0.326 e. The van der Waals surface area contributed by atoms with Crippen LogP contribution in [0.1, 0.15) is 12.8 Å². The third-order valence-corrected chi connectivity index (χ3v) is 4.72. The van der Waals surface area contributed by atoms with Crippen molar-refractivity contribution < 1.29 is 19.4 Å². The molecule has 20 heavy (non-hydrogen) atoms. The maximum atomic E-state index is 12.4. The number of nitrogens with zero attached hydrogens (tertiary/aromatic N) is 1. The second-order valence-corrected chi connectivity index (χ2v) is 5.95. The fourth-order valence-electron chi connectivity index (χ4n) is 2.61. The van der Waals surface area contributed by atoms with Crippen molar-refractivity contribution >= 4 is 23.6 Å². The lowest BCUT2D eigenvalue weighted by Gasteiger charge is -2.30. The molecule has 3 rings (SSSR count). The lowest BCUT2D eigenvalue weighted by molar-refractivity contribution is -0.150. The summed E-state index contributed by atoms with van der Waals surface area (Å²) in [5.74, 6) is 0.0865. The Balaban J connectivity index is 1.74. The minimum atomic E-state index is -0.931. The molecule has 0 bridgehead atoms. The van der Waals surface area contributed by atoms with Gasteiger partial charge in [0.1, 0.15) is 11.8 Å². The van der Waals surface area contributed by atoms with Crippen LogP contribution >= 0.6 is 11.8 Å². The smallest absolute Gasteiger partial charge is 0.326 e. The largest absolute Gasteiger partial charge is 0.480 e. The quantitative estimate of drug-likeness (QED) is 0.897. The number of para-hydroxylation sites is 1. The summed E-state index contributed by atoms with van der Waals surface area (Å²) in [6, 6.07) is 6.88. The predicted octanol–water partition coefficient (Wildman–Crippen LogP) is 1.62. The number of carboxylic acids is 1. The van der Waals surface area contributed by atoms with Crippen LogP contribution in [0.25, 0.3) is 0 Å². The maximum absolute atomic E-state index is 12.4. The third kappa shape index (κ3) is 2.35. The van der Waals surface area contributed by atoms with Crippen molar-refractivity contribution in [1.82, 2.24) is 4.90 Å². The van der Waals surface area contributed by atoms with Crippen LogP contribution in [0, 0.1) is 0 Å². The van der Waals surface area contributed by atoms with Crippen LogP contribution in [0.15, 0.2) is 29.2 Å². The number of thioether (sulfide) groups is 1. The molecule has 0 unspecified atom stereocenters. The first-order chi connectivity index (χ1) is 9.66. The van der Waals surface area contributed by atoms with E-state index in [1.807, 2.05) is 24.3 Å². The van der Waals surface area contributed by atoms with E-state index in [-0.39, 0.29) is 5.91 Å². The average Bonchev–Trinajstić information content (AvgIpc) is 2.95. The van der Waals surface area contributed by atoms with E-state index < -0.39 is 18.1 Å². The molecule has 6 heteroatoms. The molecule has 0 aromatic heterocycles. The molecule has 2 heterocycles. The van der Waals surface area contributed by atoms with Gasteiger partial charge in [-0.25, -0.2) is 4.79 Å². The number of rotatable bonds is 2. The molecule has 1 N–H and O–H groups in total. The molecular formula is C14H15NO4S. The molecule has 2 atom stereocenters. The van der Waals surface area contributed by atoms with E-state index in [1.165, 1.54) is 4.90 Å². The Morgan fingerprint density at radius 2 is 2.15 bits per heavy atom. The number of hydrogen-bond donors (Lipinski definition) is 1. The highest BCUT2D eigenvalue weighted by Gasteiger charge is 2.39. The number of ether oxygens (including phenoxy) is 1. The molecule has 2 aliphatic rings. The Labute approximate surface area is 120 Å². The minimum absolute atomic E-state index is 0.211. The van der Waals surface area contributed by atoms with Crippen LogP contribution in [-0.2, 0) is 9.59 Å². The first-order valence-corrected chi connectivity index (χ1v) is 7.57. The van der Waals surface area contributed by atoms with Crippen molar-refractivity contribution in [2.45, 2.75) is 29.9 Å². The Bertz CT molecular complexity index is 548. The second-order valence-electron chi connectivity index (χ2n) is 4.89. The highest BCUT2D eigenvalue weighted by Crippen LogP contribution is 2.35. The van der Waals surface area contributed by atoms with Gasteiger partial charge in [0.05, 0.1) is 0 Å². The number of carbonyl (C=O) groups excluding carboxylic acids is 1. The van der Waals surface area contributed by atoms with Crippen molar-refractivity contribution in [3.8, 4) is 5.75 Å². The number of hydrogen-bond acceptors (Lipinski definition) is 4. The Hall–Kier alpha value is -1.69. The first kappa shape index (κ1) is 13.3. The van der Waals surface area contributed by atoms with Gasteiger partial charge in [0.25, 0.3) is 5.91 Å². The van der Waals surface area contributed by atoms with Gasteiger partial charge in [-0.2, -0.15) is 0 Å². The summed E-state index contributed by atoms with van der Waals surface area (Å²) in [6.07, 6.45) is 0.672. The summed E-state index contributed by atoms with van der Waals surface area (Å²) >= 11 is 1.57. The minimum Gasteiger partial charge on any atom is -0.480 e. The van der Waals surface area contributed by atoms with Gasteiger partial charge in [0, 0.05) is 17.2 Å². The van der Waals surface area contributed by atoms with Gasteiger partial charge in [-0.3, -0.25) is 4.79 Å². The third-order valence-electron chi connectivity index (χ3n) is 3.60. The summed E-state index contributed by atoms with van der Waals surface area (Å²) in [5, 5.41) is 9.15. The van der Waals surface area contributed by atoms with E-state index >= 15 is 0 Å². The van der Waals surface area contributed by atoms with Gasteiger partial charge in [-0.05, 0) is 25.0 Å². The normalized spacial score (nSPS) is 24.9. The van der Waals surface area contributed by atoms with Crippen LogP contribution in [-0.4, -0.2) is 46.3 Å². The van der Waals surface area contributed by atoms with Crippen molar-refractivity contribution in [2.75, 3.05) is 12.3 Å². The molecule has 2 aliphatic heterocycles. The van der Waals surface area contributed by atoms with E-state index in [4.69, 9.17) is 9.84 Å². The van der Waals surface area contributed by atoms with Gasteiger partial charge in [-0.1, -0.05) is 12.1 Å². The standard InChI is InChI=1S/C14H15NO4S/c16-13(15-7-3-4-9(15)14(17)18)11-8-20-12-6-2-1-5-10(12)19-11/h1-2,5-6,9,11H,3-4,7-8H2,(H,17,18)/t9-,11+/m1/s1. The lowest BCUT2D eigenvalue weighted by atomic mass is 10.2. The molecule has 5 nitrogen and oxygen atoms in total. The van der Waals surface area contributed by atoms with Crippen molar-refractivity contribution in [3.05, 3.63) is 24.3 Å². The Morgan fingerprint density at radius 3 is 2.95 bits per heavy atom. The number of carbonyl (C=O) groups is 2. The monoisotopic (exact) mass is 293 g/mol. The summed E-state index contributed by atoms with van der Waals surface area (Å²) in [6.45, 7) is 0.502. The average molecular weight is 293 g/mol. The Kier molecular flexibility index (Phi) is 3.56. The molecule has 1 saturated heterocycles. The second kappa shape index (κ2) is 5.36. The highest BCUT2D eigenvalue weighted by atomic mass is 32.2. The highest BCUT2D eigenvalue weighted by molar-refractivity contribution is 7.99. The number of aliphatic carboxylic acids is 1. The number of amides is 1.